The Bertz CT molecular complexity index is 1180. The van der Waals surface area contributed by atoms with Crippen molar-refractivity contribution in [1.29, 1.82) is 0 Å². The minimum Gasteiger partial charge on any atom is -0.460 e. The fourth-order valence-corrected chi connectivity index (χ4v) is 3.62. The molecule has 2 aromatic heterocycles. The van der Waals surface area contributed by atoms with Gasteiger partial charge in [0.05, 0.1) is 5.75 Å². The van der Waals surface area contributed by atoms with E-state index in [4.69, 9.17) is 4.74 Å². The summed E-state index contributed by atoms with van der Waals surface area (Å²) in [5.74, 6) is -0.266. The van der Waals surface area contributed by atoms with E-state index in [1.807, 2.05) is 54.6 Å². The van der Waals surface area contributed by atoms with E-state index >= 15 is 0 Å². The number of aromatic nitrogens is 3. The zero-order valence-corrected chi connectivity index (χ0v) is 15.5. The second-order valence-corrected chi connectivity index (χ2v) is 7.03. The monoisotopic (exact) mass is 379 g/mol. The molecule has 136 valence electrons. The number of fused-ring (bicyclic) bond motifs is 3. The normalized spacial score (nSPS) is 11.1. The Kier molecular flexibility index (Phi) is 4.68. The van der Waals surface area contributed by atoms with Gasteiger partial charge < -0.3 is 9.72 Å². The minimum atomic E-state index is -0.350. The van der Waals surface area contributed by atoms with Gasteiger partial charge in [0.25, 0.3) is 5.56 Å². The highest BCUT2D eigenvalue weighted by Crippen LogP contribution is 2.24. The molecule has 0 aliphatic heterocycles. The van der Waals surface area contributed by atoms with Gasteiger partial charge in [0.1, 0.15) is 17.6 Å². The number of hydrogen-bond acceptors (Lipinski definition) is 5. The Hall–Kier alpha value is -3.06. The molecule has 0 bridgehead atoms. The third kappa shape index (κ3) is 3.46. The average Bonchev–Trinajstić information content (AvgIpc) is 3.07. The quantitative estimate of drug-likeness (QED) is 0.327. The van der Waals surface area contributed by atoms with Gasteiger partial charge in [0.15, 0.2) is 5.16 Å². The number of hydrogen-bond donors (Lipinski definition) is 1. The summed E-state index contributed by atoms with van der Waals surface area (Å²) >= 11 is 1.19. The molecule has 1 N–H and O–H groups in total. The van der Waals surface area contributed by atoms with E-state index in [9.17, 15) is 9.59 Å². The van der Waals surface area contributed by atoms with Crippen LogP contribution in [0.5, 0.6) is 0 Å². The molecule has 0 atom stereocenters. The molecule has 0 aliphatic rings. The molecule has 7 heteroatoms. The van der Waals surface area contributed by atoms with Gasteiger partial charge in [0, 0.05) is 18.0 Å². The molecule has 0 saturated carbocycles. The van der Waals surface area contributed by atoms with Crippen LogP contribution in [-0.4, -0.2) is 26.3 Å². The fourth-order valence-electron chi connectivity index (χ4n) is 2.86. The van der Waals surface area contributed by atoms with Crippen LogP contribution in [0.4, 0.5) is 0 Å². The Labute approximate surface area is 159 Å². The molecule has 0 spiro atoms. The SMILES string of the molecule is Cn1c(SCC(=O)OCc2ccccc2)nc2c([nH]c3ccccc32)c1=O. The molecule has 4 aromatic rings. The highest BCUT2D eigenvalue weighted by Gasteiger charge is 2.15. The first-order chi connectivity index (χ1) is 13.1. The van der Waals surface area contributed by atoms with Crippen LogP contribution in [0, 0.1) is 0 Å². The van der Waals surface area contributed by atoms with Crippen molar-refractivity contribution < 1.29 is 9.53 Å². The van der Waals surface area contributed by atoms with Gasteiger partial charge in [-0.3, -0.25) is 14.2 Å². The molecular weight excluding hydrogens is 362 g/mol. The molecule has 0 radical (unpaired) electrons. The molecule has 0 saturated heterocycles. The molecule has 0 aliphatic carbocycles. The van der Waals surface area contributed by atoms with E-state index < -0.39 is 0 Å². The second-order valence-electron chi connectivity index (χ2n) is 6.09. The van der Waals surface area contributed by atoms with Crippen LogP contribution in [0.15, 0.2) is 64.5 Å². The number of nitrogens with zero attached hydrogens (tertiary/aromatic N) is 2. The zero-order valence-electron chi connectivity index (χ0n) is 14.6. The van der Waals surface area contributed by atoms with Crippen LogP contribution in [0.25, 0.3) is 21.9 Å². The summed E-state index contributed by atoms with van der Waals surface area (Å²) in [6.45, 7) is 0.230. The number of aromatic amines is 1. The minimum absolute atomic E-state index is 0.0843. The average molecular weight is 379 g/mol. The van der Waals surface area contributed by atoms with Gasteiger partial charge in [-0.05, 0) is 11.6 Å². The van der Waals surface area contributed by atoms with E-state index in [0.717, 1.165) is 16.5 Å². The summed E-state index contributed by atoms with van der Waals surface area (Å²) in [5.41, 5.74) is 2.71. The van der Waals surface area contributed by atoms with E-state index in [1.54, 1.807) is 7.05 Å². The van der Waals surface area contributed by atoms with Gasteiger partial charge in [-0.1, -0.05) is 60.3 Å². The number of H-pyrrole nitrogens is 1. The number of carbonyl (C=O) groups is 1. The van der Waals surface area contributed by atoms with Crippen LogP contribution < -0.4 is 5.56 Å². The van der Waals surface area contributed by atoms with E-state index in [0.29, 0.717) is 16.2 Å². The lowest BCUT2D eigenvalue weighted by molar-refractivity contribution is -0.141. The first kappa shape index (κ1) is 17.4. The van der Waals surface area contributed by atoms with Gasteiger partial charge in [0.2, 0.25) is 0 Å². The van der Waals surface area contributed by atoms with Crippen LogP contribution in [0.3, 0.4) is 0 Å². The third-order valence-electron chi connectivity index (χ3n) is 4.25. The number of ether oxygens (including phenoxy) is 1. The summed E-state index contributed by atoms with van der Waals surface area (Å²) in [5, 5.41) is 1.37. The maximum Gasteiger partial charge on any atom is 0.316 e. The van der Waals surface area contributed by atoms with Gasteiger partial charge >= 0.3 is 5.97 Å². The molecule has 4 rings (SSSR count). The molecule has 2 aromatic carbocycles. The number of thioether (sulfide) groups is 1. The largest absolute Gasteiger partial charge is 0.460 e. The molecule has 6 nitrogen and oxygen atoms in total. The second kappa shape index (κ2) is 7.28. The number of rotatable bonds is 5. The Morgan fingerprint density at radius 2 is 1.89 bits per heavy atom. The van der Waals surface area contributed by atoms with Crippen molar-refractivity contribution in [2.75, 3.05) is 5.75 Å². The Balaban J connectivity index is 1.53. The van der Waals surface area contributed by atoms with Crippen LogP contribution >= 0.6 is 11.8 Å². The summed E-state index contributed by atoms with van der Waals surface area (Å²) < 4.78 is 6.73. The molecule has 0 unspecified atom stereocenters. The van der Waals surface area contributed by atoms with Crippen molar-refractivity contribution in [3.63, 3.8) is 0 Å². The van der Waals surface area contributed by atoms with Crippen molar-refractivity contribution in [2.45, 2.75) is 11.8 Å². The van der Waals surface area contributed by atoms with Gasteiger partial charge in [-0.25, -0.2) is 4.98 Å². The van der Waals surface area contributed by atoms with Crippen molar-refractivity contribution in [1.82, 2.24) is 14.5 Å². The van der Waals surface area contributed by atoms with Crippen LogP contribution in [0.1, 0.15) is 5.56 Å². The third-order valence-corrected chi connectivity index (χ3v) is 5.26. The molecule has 2 heterocycles. The van der Waals surface area contributed by atoms with Crippen LogP contribution in [0.2, 0.25) is 0 Å². The lowest BCUT2D eigenvalue weighted by Crippen LogP contribution is -2.20. The highest BCUT2D eigenvalue weighted by atomic mass is 32.2. The molecule has 0 amide bonds. The maximum absolute atomic E-state index is 12.6. The van der Waals surface area contributed by atoms with E-state index in [2.05, 4.69) is 9.97 Å². The van der Waals surface area contributed by atoms with Crippen molar-refractivity contribution >= 4 is 39.7 Å². The Morgan fingerprint density at radius 1 is 1.15 bits per heavy atom. The Morgan fingerprint density at radius 3 is 2.70 bits per heavy atom. The number of benzene rings is 2. The maximum atomic E-state index is 12.6. The summed E-state index contributed by atoms with van der Waals surface area (Å²) in [6, 6.07) is 17.1. The smallest absolute Gasteiger partial charge is 0.316 e. The summed E-state index contributed by atoms with van der Waals surface area (Å²) in [7, 11) is 1.65. The van der Waals surface area contributed by atoms with E-state index in [-0.39, 0.29) is 23.9 Å². The topological polar surface area (TPSA) is 77.0 Å². The number of esters is 1. The summed E-state index contributed by atoms with van der Waals surface area (Å²) in [4.78, 5) is 32.4. The predicted molar refractivity (Wildman–Crippen MR) is 106 cm³/mol. The predicted octanol–water partition coefficient (Wildman–Crippen LogP) is 3.25. The fraction of sp³-hybridized carbons (Fsp3) is 0.150. The van der Waals surface area contributed by atoms with Crippen molar-refractivity contribution in [2.24, 2.45) is 7.05 Å². The number of carbonyl (C=O) groups excluding carboxylic acids is 1. The van der Waals surface area contributed by atoms with Gasteiger partial charge in [-0.15, -0.1) is 0 Å². The molecule has 0 fully saturated rings. The standard InChI is InChI=1S/C20H17N3O3S/c1-23-19(25)18-17(14-9-5-6-10-15(14)21-18)22-20(23)27-12-16(24)26-11-13-7-3-2-4-8-13/h2-10,21H,11-12H2,1H3. The van der Waals surface area contributed by atoms with E-state index in [1.165, 1.54) is 16.3 Å². The zero-order chi connectivity index (χ0) is 18.8. The molecular formula is C20H17N3O3S. The highest BCUT2D eigenvalue weighted by molar-refractivity contribution is 7.99. The van der Waals surface area contributed by atoms with Crippen molar-refractivity contribution in [3.05, 3.63) is 70.5 Å². The first-order valence-electron chi connectivity index (χ1n) is 8.43. The summed E-state index contributed by atoms with van der Waals surface area (Å²) in [6.07, 6.45) is 0. The lowest BCUT2D eigenvalue weighted by atomic mass is 10.2. The van der Waals surface area contributed by atoms with Crippen molar-refractivity contribution in [3.8, 4) is 0 Å². The van der Waals surface area contributed by atoms with Crippen LogP contribution in [-0.2, 0) is 23.2 Å². The molecule has 27 heavy (non-hydrogen) atoms. The lowest BCUT2D eigenvalue weighted by Gasteiger charge is -2.07. The number of nitrogens with one attached hydrogen (secondary N) is 1. The number of para-hydroxylation sites is 1. The first-order valence-corrected chi connectivity index (χ1v) is 9.42. The van der Waals surface area contributed by atoms with Gasteiger partial charge in [-0.2, -0.15) is 0 Å².